The van der Waals surface area contributed by atoms with E-state index in [1.807, 2.05) is 6.08 Å². The fraction of sp³-hybridized carbons (Fsp3) is 0.444. The van der Waals surface area contributed by atoms with Gasteiger partial charge in [0.05, 0.1) is 5.97 Å². The van der Waals surface area contributed by atoms with E-state index >= 15 is 0 Å². The van der Waals surface area contributed by atoms with Crippen LogP contribution in [0.25, 0.3) is 0 Å². The minimum atomic E-state index is -1.15. The third-order valence-electron chi connectivity index (χ3n) is 1.20. The number of rotatable bonds is 5. The Balaban J connectivity index is 0. The average Bonchev–Trinajstić information content (AvgIpc) is 1.96. The Bertz CT molecular complexity index is 162. The molecule has 0 radical (unpaired) electrons. The van der Waals surface area contributed by atoms with Crippen molar-refractivity contribution in [2.24, 2.45) is 0 Å². The number of hydrogen-bond donors (Lipinski definition) is 0. The van der Waals surface area contributed by atoms with Crippen LogP contribution in [0.1, 0.15) is 26.2 Å². The molecule has 0 spiro atoms. The molecule has 0 unspecified atom stereocenters. The topological polar surface area (TPSA) is 40.1 Å². The van der Waals surface area contributed by atoms with Crippen molar-refractivity contribution in [2.45, 2.75) is 26.2 Å². The second kappa shape index (κ2) is 11.0. The van der Waals surface area contributed by atoms with E-state index in [1.54, 1.807) is 6.08 Å². The SMILES string of the molecule is CCCCC=CC=CC(=O)[O-].[Na+]. The van der Waals surface area contributed by atoms with Gasteiger partial charge in [0.2, 0.25) is 0 Å². The van der Waals surface area contributed by atoms with Gasteiger partial charge in [-0.1, -0.05) is 38.0 Å². The van der Waals surface area contributed by atoms with Gasteiger partial charge in [-0.3, -0.25) is 0 Å². The Morgan fingerprint density at radius 2 is 2.08 bits per heavy atom. The first-order valence-electron chi connectivity index (χ1n) is 3.81. The monoisotopic (exact) mass is 176 g/mol. The molecule has 0 aromatic carbocycles. The van der Waals surface area contributed by atoms with Gasteiger partial charge in [-0.2, -0.15) is 0 Å². The Kier molecular flexibility index (Phi) is 13.2. The Morgan fingerprint density at radius 3 is 2.58 bits per heavy atom. The largest absolute Gasteiger partial charge is 1.00 e. The fourth-order valence-corrected chi connectivity index (χ4v) is 0.631. The summed E-state index contributed by atoms with van der Waals surface area (Å²) in [6, 6.07) is 0. The van der Waals surface area contributed by atoms with Crippen molar-refractivity contribution >= 4 is 5.97 Å². The number of hydrogen-bond acceptors (Lipinski definition) is 2. The van der Waals surface area contributed by atoms with Crippen molar-refractivity contribution in [3.05, 3.63) is 24.3 Å². The number of unbranched alkanes of at least 4 members (excludes halogenated alkanes) is 2. The molecule has 0 heterocycles. The summed E-state index contributed by atoms with van der Waals surface area (Å²) in [5.74, 6) is -1.15. The van der Waals surface area contributed by atoms with Crippen LogP contribution < -0.4 is 34.7 Å². The van der Waals surface area contributed by atoms with Crippen LogP contribution in [-0.4, -0.2) is 5.97 Å². The van der Waals surface area contributed by atoms with Crippen molar-refractivity contribution in [1.82, 2.24) is 0 Å². The van der Waals surface area contributed by atoms with Gasteiger partial charge in [-0.15, -0.1) is 0 Å². The minimum absolute atomic E-state index is 0. The van der Waals surface area contributed by atoms with E-state index in [2.05, 4.69) is 6.92 Å². The maximum absolute atomic E-state index is 9.86. The number of allylic oxidation sites excluding steroid dienone is 3. The second-order valence-electron chi connectivity index (χ2n) is 2.25. The van der Waals surface area contributed by atoms with Crippen molar-refractivity contribution < 1.29 is 39.5 Å². The number of carboxylic acid groups (broad SMARTS) is 1. The van der Waals surface area contributed by atoms with Crippen molar-refractivity contribution in [3.8, 4) is 0 Å². The normalized spacial score (nSPS) is 10.4. The molecule has 0 aliphatic rings. The zero-order valence-corrected chi connectivity index (χ0v) is 9.75. The summed E-state index contributed by atoms with van der Waals surface area (Å²) >= 11 is 0. The maximum atomic E-state index is 9.86. The summed E-state index contributed by atoms with van der Waals surface area (Å²) in [4.78, 5) is 9.86. The van der Waals surface area contributed by atoms with Gasteiger partial charge in [0.25, 0.3) is 0 Å². The minimum Gasteiger partial charge on any atom is -0.545 e. The molecule has 0 aromatic heterocycles. The van der Waals surface area contributed by atoms with Crippen LogP contribution in [0, 0.1) is 0 Å². The van der Waals surface area contributed by atoms with E-state index in [9.17, 15) is 9.90 Å². The average molecular weight is 176 g/mol. The molecule has 2 nitrogen and oxygen atoms in total. The van der Waals surface area contributed by atoms with E-state index in [0.717, 1.165) is 25.3 Å². The first-order valence-corrected chi connectivity index (χ1v) is 3.81. The van der Waals surface area contributed by atoms with Crippen LogP contribution in [0.2, 0.25) is 0 Å². The molecular weight excluding hydrogens is 163 g/mol. The second-order valence-corrected chi connectivity index (χ2v) is 2.25. The molecule has 0 N–H and O–H groups in total. The van der Waals surface area contributed by atoms with Gasteiger partial charge in [0.15, 0.2) is 0 Å². The summed E-state index contributed by atoms with van der Waals surface area (Å²) in [7, 11) is 0. The van der Waals surface area contributed by atoms with Crippen LogP contribution in [0.5, 0.6) is 0 Å². The van der Waals surface area contributed by atoms with E-state index in [0.29, 0.717) is 0 Å². The van der Waals surface area contributed by atoms with Crippen LogP contribution in [0.4, 0.5) is 0 Å². The predicted molar refractivity (Wildman–Crippen MR) is 42.8 cm³/mol. The fourth-order valence-electron chi connectivity index (χ4n) is 0.631. The summed E-state index contributed by atoms with van der Waals surface area (Å²) < 4.78 is 0. The van der Waals surface area contributed by atoms with Crippen LogP contribution >= 0.6 is 0 Å². The van der Waals surface area contributed by atoms with Crippen LogP contribution in [-0.2, 0) is 4.79 Å². The molecular formula is C9H13NaO2. The molecule has 0 amide bonds. The third-order valence-corrected chi connectivity index (χ3v) is 1.20. The summed E-state index contributed by atoms with van der Waals surface area (Å²) in [5, 5.41) is 9.86. The maximum Gasteiger partial charge on any atom is 1.00 e. The van der Waals surface area contributed by atoms with E-state index in [4.69, 9.17) is 0 Å². The predicted octanol–water partition coefficient (Wildman–Crippen LogP) is -1.96. The molecule has 0 saturated heterocycles. The summed E-state index contributed by atoms with van der Waals surface area (Å²) in [6.07, 6.45) is 9.49. The smallest absolute Gasteiger partial charge is 0.545 e. The van der Waals surface area contributed by atoms with Gasteiger partial charge < -0.3 is 9.90 Å². The number of carboxylic acids is 1. The number of aliphatic carboxylic acids is 1. The quantitative estimate of drug-likeness (QED) is 0.211. The molecule has 0 aromatic rings. The molecule has 0 saturated carbocycles. The standard InChI is InChI=1S/C9H14O2.Na/c1-2-3-4-5-6-7-8-9(10)11;/h5-8H,2-4H2,1H3,(H,10,11);/q;+1/p-1. The molecule has 3 heteroatoms. The Morgan fingerprint density at radius 1 is 1.42 bits per heavy atom. The molecule has 0 atom stereocenters. The van der Waals surface area contributed by atoms with Crippen LogP contribution in [0.3, 0.4) is 0 Å². The number of carbonyl (C=O) groups excluding carboxylic acids is 1. The molecule has 0 fully saturated rings. The Labute approximate surface area is 95.6 Å². The van der Waals surface area contributed by atoms with Gasteiger partial charge in [-0.25, -0.2) is 0 Å². The van der Waals surface area contributed by atoms with Gasteiger partial charge in [0.1, 0.15) is 0 Å². The van der Waals surface area contributed by atoms with Gasteiger partial charge >= 0.3 is 29.6 Å². The van der Waals surface area contributed by atoms with E-state index < -0.39 is 5.97 Å². The summed E-state index contributed by atoms with van der Waals surface area (Å²) in [6.45, 7) is 2.12. The van der Waals surface area contributed by atoms with Crippen molar-refractivity contribution in [1.29, 1.82) is 0 Å². The molecule has 62 valence electrons. The Hall–Kier alpha value is -0.0500. The summed E-state index contributed by atoms with van der Waals surface area (Å²) in [5.41, 5.74) is 0. The number of carbonyl (C=O) groups is 1. The first kappa shape index (κ1) is 14.5. The molecule has 0 aliphatic carbocycles. The van der Waals surface area contributed by atoms with Crippen LogP contribution in [0.15, 0.2) is 24.3 Å². The molecule has 0 rings (SSSR count). The van der Waals surface area contributed by atoms with Gasteiger partial charge in [0, 0.05) is 0 Å². The van der Waals surface area contributed by atoms with Crippen molar-refractivity contribution in [3.63, 3.8) is 0 Å². The molecule has 12 heavy (non-hydrogen) atoms. The van der Waals surface area contributed by atoms with Crippen molar-refractivity contribution in [2.75, 3.05) is 0 Å². The zero-order valence-electron chi connectivity index (χ0n) is 7.75. The van der Waals surface area contributed by atoms with Gasteiger partial charge in [-0.05, 0) is 12.5 Å². The van der Waals surface area contributed by atoms with E-state index in [-0.39, 0.29) is 29.6 Å². The molecule has 0 aliphatic heterocycles. The first-order chi connectivity index (χ1) is 5.27. The molecule has 0 bridgehead atoms. The zero-order chi connectivity index (χ0) is 8.53. The van der Waals surface area contributed by atoms with E-state index in [1.165, 1.54) is 6.08 Å². The third kappa shape index (κ3) is 12.6.